The lowest BCUT2D eigenvalue weighted by molar-refractivity contribution is -0.384. The van der Waals surface area contributed by atoms with Crippen molar-refractivity contribution in [3.63, 3.8) is 0 Å². The molecular weight excluding hydrogens is 495 g/mol. The number of nitro benzene ring substituents is 1. The molecule has 0 aliphatic rings. The molecule has 36 heavy (non-hydrogen) atoms. The molecule has 0 radical (unpaired) electrons. The third kappa shape index (κ3) is 4.93. The second-order valence-corrected chi connectivity index (χ2v) is 10.6. The Morgan fingerprint density at radius 2 is 1.89 bits per heavy atom. The first-order valence-corrected chi connectivity index (χ1v) is 12.9. The monoisotopic (exact) mass is 516 g/mol. The number of aliphatic imine (C=N–C) groups is 1. The van der Waals surface area contributed by atoms with Gasteiger partial charge in [-0.3, -0.25) is 15.1 Å². The highest BCUT2D eigenvalue weighted by atomic mass is 32.2. The smallest absolute Gasteiger partial charge is 0.293 e. The SMILES string of the molecule is CN(C)c1ccc(C=Nc2ccc3nc(SCc4ccc(F)c5ccccc45)sc3c2)cc1[N+](=O)[O-]. The maximum atomic E-state index is 14.1. The van der Waals surface area contributed by atoms with Crippen LogP contribution in [0.25, 0.3) is 21.0 Å². The molecule has 9 heteroatoms. The van der Waals surface area contributed by atoms with E-state index in [9.17, 15) is 14.5 Å². The highest BCUT2D eigenvalue weighted by Crippen LogP contribution is 2.35. The Bertz CT molecular complexity index is 1630. The van der Waals surface area contributed by atoms with E-state index in [1.54, 1.807) is 60.4 Å². The van der Waals surface area contributed by atoms with Crippen LogP contribution < -0.4 is 4.90 Å². The van der Waals surface area contributed by atoms with E-state index in [2.05, 4.69) is 4.99 Å². The Balaban J connectivity index is 1.34. The van der Waals surface area contributed by atoms with E-state index in [0.29, 0.717) is 22.4 Å². The average Bonchev–Trinajstić information content (AvgIpc) is 3.29. The molecule has 0 fully saturated rings. The third-order valence-corrected chi connectivity index (χ3v) is 7.92. The van der Waals surface area contributed by atoms with Crippen molar-refractivity contribution < 1.29 is 9.31 Å². The number of fused-ring (bicyclic) bond motifs is 2. The van der Waals surface area contributed by atoms with Gasteiger partial charge in [-0.05, 0) is 46.8 Å². The molecule has 0 saturated heterocycles. The summed E-state index contributed by atoms with van der Waals surface area (Å²) in [4.78, 5) is 22.0. The fourth-order valence-electron chi connectivity index (χ4n) is 3.92. The van der Waals surface area contributed by atoms with E-state index >= 15 is 0 Å². The average molecular weight is 517 g/mol. The molecule has 0 bridgehead atoms. The molecule has 0 amide bonds. The van der Waals surface area contributed by atoms with Gasteiger partial charge in [-0.15, -0.1) is 11.3 Å². The van der Waals surface area contributed by atoms with Gasteiger partial charge in [0.05, 0.1) is 20.8 Å². The zero-order valence-electron chi connectivity index (χ0n) is 19.5. The quantitative estimate of drug-likeness (QED) is 0.0964. The number of benzene rings is 4. The molecule has 4 aromatic carbocycles. The van der Waals surface area contributed by atoms with E-state index in [0.717, 1.165) is 31.2 Å². The Morgan fingerprint density at radius 3 is 2.67 bits per heavy atom. The van der Waals surface area contributed by atoms with Crippen LogP contribution >= 0.6 is 23.1 Å². The summed E-state index contributed by atoms with van der Waals surface area (Å²) in [5.41, 5.74) is 3.93. The van der Waals surface area contributed by atoms with E-state index in [4.69, 9.17) is 4.98 Å². The number of halogens is 1. The molecule has 0 saturated carbocycles. The van der Waals surface area contributed by atoms with Crippen molar-refractivity contribution in [1.29, 1.82) is 0 Å². The first kappa shape index (κ1) is 23.9. The van der Waals surface area contributed by atoms with Gasteiger partial charge >= 0.3 is 0 Å². The molecule has 0 spiro atoms. The van der Waals surface area contributed by atoms with Gasteiger partial charge in [0, 0.05) is 37.5 Å². The molecule has 5 aromatic rings. The van der Waals surface area contributed by atoms with Crippen molar-refractivity contribution in [2.75, 3.05) is 19.0 Å². The predicted molar refractivity (Wildman–Crippen MR) is 148 cm³/mol. The van der Waals surface area contributed by atoms with Crippen LogP contribution in [0, 0.1) is 15.9 Å². The molecule has 0 atom stereocenters. The van der Waals surface area contributed by atoms with Crippen molar-refractivity contribution in [2.45, 2.75) is 10.1 Å². The number of thiazole rings is 1. The fraction of sp³-hybridized carbons (Fsp3) is 0.111. The lowest BCUT2D eigenvalue weighted by Crippen LogP contribution is -2.11. The largest absolute Gasteiger partial charge is 0.372 e. The zero-order chi connectivity index (χ0) is 25.2. The molecule has 0 unspecified atom stereocenters. The summed E-state index contributed by atoms with van der Waals surface area (Å²) in [6, 6.07) is 21.7. The summed E-state index contributed by atoms with van der Waals surface area (Å²) in [5, 5.41) is 13.0. The first-order chi connectivity index (χ1) is 17.4. The van der Waals surface area contributed by atoms with Crippen molar-refractivity contribution in [2.24, 2.45) is 4.99 Å². The van der Waals surface area contributed by atoms with Crippen LogP contribution in [0.3, 0.4) is 0 Å². The Kier molecular flexibility index (Phi) is 6.67. The van der Waals surface area contributed by atoms with Gasteiger partial charge in [0.1, 0.15) is 11.5 Å². The molecule has 0 aliphatic carbocycles. The second-order valence-electron chi connectivity index (χ2n) is 8.33. The number of aromatic nitrogens is 1. The summed E-state index contributed by atoms with van der Waals surface area (Å²) in [5.74, 6) is 0.476. The van der Waals surface area contributed by atoms with Gasteiger partial charge in [0.15, 0.2) is 4.34 Å². The van der Waals surface area contributed by atoms with Gasteiger partial charge in [-0.25, -0.2) is 9.37 Å². The van der Waals surface area contributed by atoms with E-state index in [1.165, 1.54) is 12.1 Å². The lowest BCUT2D eigenvalue weighted by Gasteiger charge is -2.12. The van der Waals surface area contributed by atoms with Crippen molar-refractivity contribution in [3.8, 4) is 0 Å². The van der Waals surface area contributed by atoms with Crippen LogP contribution in [0.4, 0.5) is 21.5 Å². The van der Waals surface area contributed by atoms with E-state index in [-0.39, 0.29) is 16.4 Å². The third-order valence-electron chi connectivity index (χ3n) is 5.71. The number of nitrogens with zero attached hydrogens (tertiary/aromatic N) is 4. The van der Waals surface area contributed by atoms with Gasteiger partial charge in [0.25, 0.3) is 5.69 Å². The highest BCUT2D eigenvalue weighted by molar-refractivity contribution is 8.00. The molecule has 1 aromatic heterocycles. The molecular formula is C27H21FN4O2S2. The van der Waals surface area contributed by atoms with Gasteiger partial charge in [-0.2, -0.15) is 0 Å². The highest BCUT2D eigenvalue weighted by Gasteiger charge is 2.15. The topological polar surface area (TPSA) is 71.6 Å². The number of thioether (sulfide) groups is 1. The number of anilines is 1. The summed E-state index contributed by atoms with van der Waals surface area (Å²) >= 11 is 3.20. The zero-order valence-corrected chi connectivity index (χ0v) is 21.1. The minimum Gasteiger partial charge on any atom is -0.372 e. The minimum absolute atomic E-state index is 0.0393. The Hall–Kier alpha value is -3.82. The standard InChI is InChI=1S/C27H21FN4O2S2/c1-31(2)24-12-7-17(13-25(24)32(33)34)15-29-19-9-11-23-26(14-19)36-27(30-23)35-16-18-8-10-22(28)21-6-4-3-5-20(18)21/h3-15H,16H2,1-2H3. The first-order valence-electron chi connectivity index (χ1n) is 11.1. The summed E-state index contributed by atoms with van der Waals surface area (Å²) in [6.07, 6.45) is 1.63. The predicted octanol–water partition coefficient (Wildman–Crippen LogP) is 7.61. The van der Waals surface area contributed by atoms with Crippen LogP contribution in [-0.4, -0.2) is 30.2 Å². The summed E-state index contributed by atoms with van der Waals surface area (Å²) < 4.78 is 16.1. The van der Waals surface area contributed by atoms with Gasteiger partial charge in [-0.1, -0.05) is 48.2 Å². The van der Waals surface area contributed by atoms with Crippen molar-refractivity contribution in [3.05, 3.63) is 99.9 Å². The maximum Gasteiger partial charge on any atom is 0.293 e. The van der Waals surface area contributed by atoms with E-state index in [1.807, 2.05) is 48.5 Å². The number of rotatable bonds is 7. The summed E-state index contributed by atoms with van der Waals surface area (Å²) in [6.45, 7) is 0. The number of hydrogen-bond acceptors (Lipinski definition) is 7. The van der Waals surface area contributed by atoms with Crippen LogP contribution in [0.15, 0.2) is 82.1 Å². The Morgan fingerprint density at radius 1 is 1.08 bits per heavy atom. The molecule has 0 aliphatic heterocycles. The molecule has 1 heterocycles. The lowest BCUT2D eigenvalue weighted by atomic mass is 10.1. The normalized spacial score (nSPS) is 11.5. The number of hydrogen-bond donors (Lipinski definition) is 0. The van der Waals surface area contributed by atoms with Gasteiger partial charge in [0.2, 0.25) is 0 Å². The number of nitro groups is 1. The molecule has 180 valence electrons. The minimum atomic E-state index is -0.385. The van der Waals surface area contributed by atoms with Crippen molar-refractivity contribution >= 4 is 67.4 Å². The van der Waals surface area contributed by atoms with E-state index < -0.39 is 0 Å². The Labute approximate surface area is 215 Å². The fourth-order valence-corrected chi connectivity index (χ4v) is 6.02. The molecule has 6 nitrogen and oxygen atoms in total. The molecule has 5 rings (SSSR count). The molecule has 0 N–H and O–H groups in total. The van der Waals surface area contributed by atoms with Gasteiger partial charge < -0.3 is 4.90 Å². The van der Waals surface area contributed by atoms with Crippen LogP contribution in [0.5, 0.6) is 0 Å². The van der Waals surface area contributed by atoms with Crippen LogP contribution in [0.2, 0.25) is 0 Å². The maximum absolute atomic E-state index is 14.1. The summed E-state index contributed by atoms with van der Waals surface area (Å²) in [7, 11) is 3.55. The van der Waals surface area contributed by atoms with Crippen LogP contribution in [0.1, 0.15) is 11.1 Å². The van der Waals surface area contributed by atoms with Crippen LogP contribution in [-0.2, 0) is 5.75 Å². The van der Waals surface area contributed by atoms with Crippen molar-refractivity contribution in [1.82, 2.24) is 4.98 Å². The second kappa shape index (κ2) is 10.0.